The Kier molecular flexibility index (Phi) is 8.64. The van der Waals surface area contributed by atoms with Crippen LogP contribution in [0.1, 0.15) is 29.7 Å². The molecule has 2 heterocycles. The fraction of sp³-hybridized carbons (Fsp3) is 0.114. The van der Waals surface area contributed by atoms with E-state index in [1.165, 1.54) is 30.6 Å². The van der Waals surface area contributed by atoms with E-state index in [0.717, 1.165) is 11.1 Å². The number of halogens is 2. The second kappa shape index (κ2) is 12.9. The van der Waals surface area contributed by atoms with Crippen molar-refractivity contribution in [3.05, 3.63) is 156 Å². The van der Waals surface area contributed by atoms with Crippen LogP contribution in [0.3, 0.4) is 0 Å². The van der Waals surface area contributed by atoms with Gasteiger partial charge in [-0.1, -0.05) is 71.5 Å². The molecule has 0 aliphatic carbocycles. The van der Waals surface area contributed by atoms with Crippen molar-refractivity contribution in [2.24, 2.45) is 4.99 Å². The summed E-state index contributed by atoms with van der Waals surface area (Å²) < 4.78 is 26.7. The Labute approximate surface area is 267 Å². The Morgan fingerprint density at radius 3 is 2.47 bits per heavy atom. The van der Waals surface area contributed by atoms with Crippen molar-refractivity contribution < 1.29 is 18.7 Å². The van der Waals surface area contributed by atoms with Crippen molar-refractivity contribution >= 4 is 40.6 Å². The third-order valence-electron chi connectivity index (χ3n) is 7.28. The SMILES string of the molecule is COc1cc(/C=c2\sc3n(c2=O)[C@H](c2ccc(Cl)cc2)C(C(=O)Nc2ccccc2)=C(C)N=3)ccc1OCc1ccc(F)cc1. The molecule has 0 radical (unpaired) electrons. The van der Waals surface area contributed by atoms with Gasteiger partial charge in [0, 0.05) is 10.7 Å². The van der Waals surface area contributed by atoms with Crippen molar-refractivity contribution in [1.29, 1.82) is 0 Å². The molecule has 1 aromatic heterocycles. The Balaban J connectivity index is 1.37. The Bertz CT molecular complexity index is 2090. The van der Waals surface area contributed by atoms with E-state index in [1.54, 1.807) is 66.1 Å². The average Bonchev–Trinajstić information content (AvgIpc) is 3.34. The lowest BCUT2D eigenvalue weighted by atomic mass is 9.95. The van der Waals surface area contributed by atoms with Crippen LogP contribution in [0.5, 0.6) is 11.5 Å². The van der Waals surface area contributed by atoms with Gasteiger partial charge in [0.05, 0.1) is 29.0 Å². The third-order valence-corrected chi connectivity index (χ3v) is 8.51. The number of hydrogen-bond donors (Lipinski definition) is 1. The number of amides is 1. The van der Waals surface area contributed by atoms with Crippen LogP contribution < -0.4 is 29.7 Å². The highest BCUT2D eigenvalue weighted by Crippen LogP contribution is 2.32. The molecule has 0 spiro atoms. The number of benzene rings is 4. The van der Waals surface area contributed by atoms with Crippen molar-refractivity contribution in [1.82, 2.24) is 4.57 Å². The van der Waals surface area contributed by atoms with Gasteiger partial charge >= 0.3 is 0 Å². The Hall–Kier alpha value is -4.99. The maximum Gasteiger partial charge on any atom is 0.271 e. The minimum Gasteiger partial charge on any atom is -0.493 e. The summed E-state index contributed by atoms with van der Waals surface area (Å²) in [6, 6.07) is 27.0. The molecule has 1 N–H and O–H groups in total. The topological polar surface area (TPSA) is 81.9 Å². The molecule has 7 nitrogen and oxygen atoms in total. The van der Waals surface area contributed by atoms with Gasteiger partial charge in [0.2, 0.25) is 0 Å². The van der Waals surface area contributed by atoms with Crippen LogP contribution in [-0.2, 0) is 11.4 Å². The van der Waals surface area contributed by atoms with Crippen molar-refractivity contribution in [2.45, 2.75) is 19.6 Å². The molecule has 1 atom stereocenters. The van der Waals surface area contributed by atoms with E-state index in [4.69, 9.17) is 26.1 Å². The summed E-state index contributed by atoms with van der Waals surface area (Å²) in [7, 11) is 1.54. The highest BCUT2D eigenvalue weighted by molar-refractivity contribution is 7.07. The maximum atomic E-state index is 14.0. The molecule has 1 aliphatic heterocycles. The number of para-hydroxylation sites is 1. The third kappa shape index (κ3) is 6.45. The van der Waals surface area contributed by atoms with Crippen LogP contribution >= 0.6 is 22.9 Å². The molecule has 45 heavy (non-hydrogen) atoms. The zero-order chi connectivity index (χ0) is 31.5. The Morgan fingerprint density at radius 1 is 1.02 bits per heavy atom. The minimum absolute atomic E-state index is 0.235. The van der Waals surface area contributed by atoms with E-state index in [9.17, 15) is 14.0 Å². The molecule has 5 aromatic rings. The summed E-state index contributed by atoms with van der Waals surface area (Å²) in [5, 5.41) is 3.49. The average molecular weight is 640 g/mol. The van der Waals surface area contributed by atoms with Gasteiger partial charge in [-0.25, -0.2) is 9.38 Å². The number of ether oxygens (including phenoxy) is 2. The first kappa shape index (κ1) is 30.1. The van der Waals surface area contributed by atoms with Crippen LogP contribution in [0.4, 0.5) is 10.1 Å². The van der Waals surface area contributed by atoms with Gasteiger partial charge in [0.25, 0.3) is 11.5 Å². The number of carbonyl (C=O) groups excluding carboxylic acids is 1. The number of nitrogens with one attached hydrogen (secondary N) is 1. The zero-order valence-corrected chi connectivity index (χ0v) is 25.9. The molecule has 0 bridgehead atoms. The summed E-state index contributed by atoms with van der Waals surface area (Å²) in [5.41, 5.74) is 3.48. The predicted molar refractivity (Wildman–Crippen MR) is 174 cm³/mol. The lowest BCUT2D eigenvalue weighted by Gasteiger charge is -2.25. The molecular weight excluding hydrogens is 613 g/mol. The number of thiazole rings is 1. The molecule has 4 aromatic carbocycles. The van der Waals surface area contributed by atoms with Gasteiger partial charge in [-0.3, -0.25) is 14.2 Å². The van der Waals surface area contributed by atoms with Crippen LogP contribution in [-0.4, -0.2) is 17.6 Å². The quantitative estimate of drug-likeness (QED) is 0.218. The fourth-order valence-corrected chi connectivity index (χ4v) is 6.25. The summed E-state index contributed by atoms with van der Waals surface area (Å²) in [5.74, 6) is 0.325. The molecule has 0 saturated heterocycles. The van der Waals surface area contributed by atoms with Gasteiger partial charge in [0.1, 0.15) is 12.4 Å². The summed E-state index contributed by atoms with van der Waals surface area (Å²) in [6.07, 6.45) is 1.76. The number of aromatic nitrogens is 1. The number of allylic oxidation sites excluding steroid dienone is 1. The van der Waals surface area contributed by atoms with Crippen LogP contribution in [0, 0.1) is 5.82 Å². The number of anilines is 1. The Morgan fingerprint density at radius 2 is 1.76 bits per heavy atom. The highest BCUT2D eigenvalue weighted by atomic mass is 35.5. The molecular formula is C35H27ClFN3O4S. The molecule has 0 fully saturated rings. The van der Waals surface area contributed by atoms with E-state index in [1.807, 2.05) is 36.4 Å². The second-order valence-electron chi connectivity index (χ2n) is 10.3. The molecule has 1 amide bonds. The van der Waals surface area contributed by atoms with Crippen molar-refractivity contribution in [3.63, 3.8) is 0 Å². The predicted octanol–water partition coefficient (Wildman–Crippen LogP) is 6.25. The van der Waals surface area contributed by atoms with Gasteiger partial charge < -0.3 is 14.8 Å². The first-order valence-corrected chi connectivity index (χ1v) is 15.2. The molecule has 0 unspecified atom stereocenters. The zero-order valence-electron chi connectivity index (χ0n) is 24.3. The summed E-state index contributed by atoms with van der Waals surface area (Å²) >= 11 is 7.43. The largest absolute Gasteiger partial charge is 0.493 e. The fourth-order valence-electron chi connectivity index (χ4n) is 5.08. The van der Waals surface area contributed by atoms with E-state index in [-0.39, 0.29) is 23.9 Å². The van der Waals surface area contributed by atoms with Gasteiger partial charge in [-0.15, -0.1) is 0 Å². The monoisotopic (exact) mass is 639 g/mol. The number of methoxy groups -OCH3 is 1. The van der Waals surface area contributed by atoms with E-state index in [0.29, 0.717) is 48.4 Å². The smallest absolute Gasteiger partial charge is 0.271 e. The second-order valence-corrected chi connectivity index (χ2v) is 11.7. The molecule has 226 valence electrons. The van der Waals surface area contributed by atoms with E-state index >= 15 is 0 Å². The van der Waals surface area contributed by atoms with Gasteiger partial charge in [-0.05, 0) is 78.2 Å². The summed E-state index contributed by atoms with van der Waals surface area (Å²) in [4.78, 5) is 32.9. The molecule has 0 saturated carbocycles. The van der Waals surface area contributed by atoms with E-state index < -0.39 is 6.04 Å². The summed E-state index contributed by atoms with van der Waals surface area (Å²) in [6.45, 7) is 2.01. The first-order valence-electron chi connectivity index (χ1n) is 14.0. The standard InChI is InChI=1S/C35H27ClFN3O4S/c1-21-31(33(41)39-27-6-4-3-5-7-27)32(24-11-13-25(36)14-12-24)40-34(42)30(45-35(40)38-21)19-23-10-17-28(29(18-23)43-2)44-20-22-8-15-26(37)16-9-22/h3-19,32H,20H2,1-2H3,(H,39,41)/b30-19-/t32-/m1/s1. The normalized spacial score (nSPS) is 14.5. The number of carbonyl (C=O) groups is 1. The van der Waals surface area contributed by atoms with Crippen LogP contribution in [0.2, 0.25) is 5.02 Å². The van der Waals surface area contributed by atoms with Gasteiger partial charge in [-0.2, -0.15) is 0 Å². The molecule has 6 rings (SSSR count). The van der Waals surface area contributed by atoms with Crippen molar-refractivity contribution in [2.75, 3.05) is 12.4 Å². The number of nitrogens with zero attached hydrogens (tertiary/aromatic N) is 2. The van der Waals surface area contributed by atoms with Crippen molar-refractivity contribution in [3.8, 4) is 11.5 Å². The molecule has 1 aliphatic rings. The molecule has 10 heteroatoms. The first-order chi connectivity index (χ1) is 21.8. The van der Waals surface area contributed by atoms with Gasteiger partial charge in [0.15, 0.2) is 16.3 Å². The highest BCUT2D eigenvalue weighted by Gasteiger charge is 2.32. The van der Waals surface area contributed by atoms with Crippen LogP contribution in [0.25, 0.3) is 6.08 Å². The van der Waals surface area contributed by atoms with Crippen LogP contribution in [0.15, 0.2) is 118 Å². The van der Waals surface area contributed by atoms with E-state index in [2.05, 4.69) is 5.32 Å². The minimum atomic E-state index is -0.721. The lowest BCUT2D eigenvalue weighted by molar-refractivity contribution is -0.113. The maximum absolute atomic E-state index is 14.0. The lowest BCUT2D eigenvalue weighted by Crippen LogP contribution is -2.40. The number of fused-ring (bicyclic) bond motifs is 1. The number of rotatable bonds is 8. The number of hydrogen-bond acceptors (Lipinski definition) is 6.